The lowest BCUT2D eigenvalue weighted by Gasteiger charge is -2.11. The Kier molecular flexibility index (Phi) is 5.30. The maximum atomic E-state index is 13.1. The van der Waals surface area contributed by atoms with E-state index < -0.39 is 0 Å². The van der Waals surface area contributed by atoms with Crippen LogP contribution in [0, 0.1) is 0 Å². The number of carbonyl (C=O) groups is 2. The number of hydrogen-bond donors (Lipinski definition) is 1. The summed E-state index contributed by atoms with van der Waals surface area (Å²) in [6.45, 7) is 0. The van der Waals surface area contributed by atoms with Gasteiger partial charge < -0.3 is 5.32 Å². The fourth-order valence-corrected chi connectivity index (χ4v) is 3.14. The summed E-state index contributed by atoms with van der Waals surface area (Å²) in [4.78, 5) is 25.8. The molecule has 140 valence electrons. The van der Waals surface area contributed by atoms with Crippen molar-refractivity contribution in [1.29, 1.82) is 0 Å². The monoisotopic (exact) mass is 377 g/mol. The molecule has 0 amide bonds. The Morgan fingerprint density at radius 3 is 1.90 bits per heavy atom. The van der Waals surface area contributed by atoms with E-state index in [1.807, 2.05) is 54.6 Å². The predicted molar refractivity (Wildman–Crippen MR) is 117 cm³/mol. The second kappa shape index (κ2) is 8.36. The molecule has 4 aromatic carbocycles. The van der Waals surface area contributed by atoms with Crippen molar-refractivity contribution >= 4 is 28.0 Å². The normalized spacial score (nSPS) is 11.2. The third-order valence-electron chi connectivity index (χ3n) is 4.64. The summed E-state index contributed by atoms with van der Waals surface area (Å²) in [5.74, 6) is -0.457. The second-order valence-electron chi connectivity index (χ2n) is 6.67. The van der Waals surface area contributed by atoms with Crippen molar-refractivity contribution in [3.8, 4) is 0 Å². The Hall–Kier alpha value is -3.98. The highest BCUT2D eigenvalue weighted by Crippen LogP contribution is 2.21. The summed E-state index contributed by atoms with van der Waals surface area (Å²) in [6.07, 6.45) is 1.37. The van der Waals surface area contributed by atoms with E-state index in [4.69, 9.17) is 0 Å². The van der Waals surface area contributed by atoms with Gasteiger partial charge in [-0.1, -0.05) is 91.0 Å². The highest BCUT2D eigenvalue weighted by molar-refractivity contribution is 6.16. The van der Waals surface area contributed by atoms with E-state index in [9.17, 15) is 9.59 Å². The Labute approximate surface area is 169 Å². The number of fused-ring (bicyclic) bond motifs is 1. The summed E-state index contributed by atoms with van der Waals surface area (Å²) < 4.78 is 0. The molecule has 0 aromatic heterocycles. The first-order valence-corrected chi connectivity index (χ1v) is 9.37. The number of ketones is 2. The Balaban J connectivity index is 1.71. The van der Waals surface area contributed by atoms with Crippen LogP contribution in [0.4, 0.5) is 5.69 Å². The molecule has 0 atom stereocenters. The van der Waals surface area contributed by atoms with Gasteiger partial charge >= 0.3 is 0 Å². The first kappa shape index (κ1) is 18.4. The van der Waals surface area contributed by atoms with Gasteiger partial charge in [-0.3, -0.25) is 9.59 Å². The zero-order chi connectivity index (χ0) is 20.1. The SMILES string of the molecule is O=C(/C=C(\Nc1ccc2ccccc2c1)C(=O)c1ccccc1)c1ccccc1. The minimum atomic E-state index is -0.233. The van der Waals surface area contributed by atoms with Gasteiger partial charge in [-0.25, -0.2) is 0 Å². The average molecular weight is 377 g/mol. The van der Waals surface area contributed by atoms with Gasteiger partial charge in [0.2, 0.25) is 5.78 Å². The van der Waals surface area contributed by atoms with Crippen LogP contribution < -0.4 is 5.32 Å². The Morgan fingerprint density at radius 1 is 0.621 bits per heavy atom. The number of anilines is 1. The van der Waals surface area contributed by atoms with Crippen molar-refractivity contribution in [3.63, 3.8) is 0 Å². The Morgan fingerprint density at radius 2 is 1.21 bits per heavy atom. The molecule has 0 unspecified atom stereocenters. The highest BCUT2D eigenvalue weighted by Gasteiger charge is 2.15. The molecule has 0 heterocycles. The lowest BCUT2D eigenvalue weighted by molar-refractivity contribution is 0.101. The molecule has 4 aromatic rings. The van der Waals surface area contributed by atoms with Gasteiger partial charge in [-0.05, 0) is 22.9 Å². The van der Waals surface area contributed by atoms with Gasteiger partial charge in [-0.2, -0.15) is 0 Å². The van der Waals surface area contributed by atoms with E-state index >= 15 is 0 Å². The summed E-state index contributed by atoms with van der Waals surface area (Å²) >= 11 is 0. The van der Waals surface area contributed by atoms with E-state index in [0.29, 0.717) is 11.1 Å². The van der Waals surface area contributed by atoms with Crippen LogP contribution in [-0.2, 0) is 0 Å². The van der Waals surface area contributed by atoms with Crippen LogP contribution in [0.15, 0.2) is 115 Å². The summed E-state index contributed by atoms with van der Waals surface area (Å²) in [7, 11) is 0. The quantitative estimate of drug-likeness (QED) is 0.336. The zero-order valence-electron chi connectivity index (χ0n) is 15.7. The molecule has 0 radical (unpaired) electrons. The number of nitrogens with one attached hydrogen (secondary N) is 1. The van der Waals surface area contributed by atoms with E-state index in [-0.39, 0.29) is 17.3 Å². The fourth-order valence-electron chi connectivity index (χ4n) is 3.14. The molecule has 0 bridgehead atoms. The molecule has 1 N–H and O–H groups in total. The summed E-state index contributed by atoms with van der Waals surface area (Å²) in [6, 6.07) is 31.7. The van der Waals surface area contributed by atoms with Gasteiger partial charge in [0.15, 0.2) is 5.78 Å². The standard InChI is InChI=1S/C26H19NO2/c28-25(20-10-3-1-4-11-20)18-24(26(29)21-12-5-2-6-13-21)27-23-16-15-19-9-7-8-14-22(19)17-23/h1-18,27H/b24-18-. The second-order valence-corrected chi connectivity index (χ2v) is 6.67. The highest BCUT2D eigenvalue weighted by atomic mass is 16.1. The molecule has 29 heavy (non-hydrogen) atoms. The molecule has 0 aliphatic rings. The van der Waals surface area contributed by atoms with Crippen molar-refractivity contribution in [1.82, 2.24) is 0 Å². The third-order valence-corrected chi connectivity index (χ3v) is 4.64. The molecule has 0 saturated heterocycles. The minimum Gasteiger partial charge on any atom is -0.352 e. The molecular weight excluding hydrogens is 358 g/mol. The molecule has 0 aliphatic carbocycles. The molecule has 0 fully saturated rings. The van der Waals surface area contributed by atoms with Gasteiger partial charge in [0.1, 0.15) is 0 Å². The molecule has 0 saturated carbocycles. The molecule has 3 heteroatoms. The summed E-state index contributed by atoms with van der Waals surface area (Å²) in [5.41, 5.74) is 2.04. The zero-order valence-corrected chi connectivity index (χ0v) is 15.7. The first-order valence-electron chi connectivity index (χ1n) is 9.37. The van der Waals surface area contributed by atoms with Crippen molar-refractivity contribution in [3.05, 3.63) is 126 Å². The first-order chi connectivity index (χ1) is 14.2. The third kappa shape index (κ3) is 4.30. The number of hydrogen-bond acceptors (Lipinski definition) is 3. The predicted octanol–water partition coefficient (Wildman–Crippen LogP) is 5.90. The van der Waals surface area contributed by atoms with Gasteiger partial charge in [0, 0.05) is 22.9 Å². The number of Topliss-reactive ketones (excluding diaryl/α,β-unsaturated/α-hetero) is 1. The van der Waals surface area contributed by atoms with Crippen LogP contribution >= 0.6 is 0 Å². The average Bonchev–Trinajstić information content (AvgIpc) is 2.79. The van der Waals surface area contributed by atoms with Gasteiger partial charge in [-0.15, -0.1) is 0 Å². The number of allylic oxidation sites excluding steroid dienone is 2. The van der Waals surface area contributed by atoms with Crippen LogP contribution in [-0.4, -0.2) is 11.6 Å². The molecule has 0 aliphatic heterocycles. The lowest BCUT2D eigenvalue weighted by atomic mass is 10.0. The topological polar surface area (TPSA) is 46.2 Å². The fraction of sp³-hybridized carbons (Fsp3) is 0. The molecular formula is C26H19NO2. The molecule has 3 nitrogen and oxygen atoms in total. The van der Waals surface area contributed by atoms with Crippen LogP contribution in [0.1, 0.15) is 20.7 Å². The van der Waals surface area contributed by atoms with Gasteiger partial charge in [0.25, 0.3) is 0 Å². The van der Waals surface area contributed by atoms with Crippen molar-refractivity contribution in [2.45, 2.75) is 0 Å². The van der Waals surface area contributed by atoms with Crippen LogP contribution in [0.3, 0.4) is 0 Å². The van der Waals surface area contributed by atoms with Crippen molar-refractivity contribution in [2.24, 2.45) is 0 Å². The number of benzene rings is 4. The number of rotatable bonds is 6. The number of carbonyl (C=O) groups excluding carboxylic acids is 2. The summed E-state index contributed by atoms with van der Waals surface area (Å²) in [5, 5.41) is 5.32. The van der Waals surface area contributed by atoms with Crippen molar-refractivity contribution < 1.29 is 9.59 Å². The maximum Gasteiger partial charge on any atom is 0.209 e. The van der Waals surface area contributed by atoms with E-state index in [1.54, 1.807) is 48.5 Å². The van der Waals surface area contributed by atoms with E-state index in [2.05, 4.69) is 5.32 Å². The molecule has 0 spiro atoms. The Bertz CT molecular complexity index is 1200. The van der Waals surface area contributed by atoms with Crippen LogP contribution in [0.25, 0.3) is 10.8 Å². The maximum absolute atomic E-state index is 13.1. The smallest absolute Gasteiger partial charge is 0.209 e. The largest absolute Gasteiger partial charge is 0.352 e. The van der Waals surface area contributed by atoms with E-state index in [0.717, 1.165) is 16.5 Å². The van der Waals surface area contributed by atoms with Crippen LogP contribution in [0.5, 0.6) is 0 Å². The van der Waals surface area contributed by atoms with E-state index in [1.165, 1.54) is 6.08 Å². The van der Waals surface area contributed by atoms with Crippen molar-refractivity contribution in [2.75, 3.05) is 5.32 Å². The minimum absolute atomic E-state index is 0.224. The lowest BCUT2D eigenvalue weighted by Crippen LogP contribution is -2.14. The van der Waals surface area contributed by atoms with Gasteiger partial charge in [0.05, 0.1) is 5.70 Å². The molecule has 4 rings (SSSR count). The van der Waals surface area contributed by atoms with Crippen LogP contribution in [0.2, 0.25) is 0 Å².